The molecule has 1 saturated carbocycles. The first-order valence-electron chi connectivity index (χ1n) is 14.7. The van der Waals surface area contributed by atoms with Crippen LogP contribution in [0.2, 0.25) is 0 Å². The monoisotopic (exact) mass is 559 g/mol. The van der Waals surface area contributed by atoms with Crippen LogP contribution >= 0.6 is 0 Å². The van der Waals surface area contributed by atoms with Gasteiger partial charge in [0.1, 0.15) is 12.4 Å². The van der Waals surface area contributed by atoms with Crippen LogP contribution in [0.3, 0.4) is 0 Å². The summed E-state index contributed by atoms with van der Waals surface area (Å²) in [5.74, 6) is 2.00. The lowest BCUT2D eigenvalue weighted by Crippen LogP contribution is -2.41. The van der Waals surface area contributed by atoms with Gasteiger partial charge in [0.2, 0.25) is 0 Å². The van der Waals surface area contributed by atoms with Crippen LogP contribution in [-0.4, -0.2) is 69.0 Å². The maximum absolute atomic E-state index is 9.78. The van der Waals surface area contributed by atoms with Crippen LogP contribution in [0.4, 0.5) is 5.82 Å². The van der Waals surface area contributed by atoms with Crippen molar-refractivity contribution >= 4 is 5.82 Å². The maximum atomic E-state index is 9.78. The summed E-state index contributed by atoms with van der Waals surface area (Å²) in [6, 6.07) is 11.6. The molecule has 218 valence electrons. The zero-order valence-corrected chi connectivity index (χ0v) is 24.1. The van der Waals surface area contributed by atoms with Gasteiger partial charge in [-0.3, -0.25) is 4.98 Å². The lowest BCUT2D eigenvalue weighted by atomic mass is 9.82. The van der Waals surface area contributed by atoms with E-state index in [1.54, 1.807) is 0 Å². The fraction of sp³-hybridized carbons (Fsp3) is 0.600. The molecule has 3 aromatic heterocycles. The number of nitrogens with one attached hydrogen (secondary N) is 3. The Labute approximate surface area is 241 Å². The molecule has 1 aliphatic heterocycles. The van der Waals surface area contributed by atoms with Crippen molar-refractivity contribution in [2.75, 3.05) is 31.7 Å². The van der Waals surface area contributed by atoms with Gasteiger partial charge in [0.05, 0.1) is 23.8 Å². The lowest BCUT2D eigenvalue weighted by Gasteiger charge is -2.31. The predicted molar refractivity (Wildman–Crippen MR) is 155 cm³/mol. The number of pyridine rings is 2. The number of aromatic amines is 1. The summed E-state index contributed by atoms with van der Waals surface area (Å²) < 4.78 is 11.2. The van der Waals surface area contributed by atoms with Crippen LogP contribution in [0.15, 0.2) is 30.5 Å². The minimum atomic E-state index is -0.397. The molecule has 0 amide bonds. The average molecular weight is 560 g/mol. The number of aryl methyl sites for hydroxylation is 1. The first-order chi connectivity index (χ1) is 20.0. The Morgan fingerprint density at radius 3 is 2.80 bits per heavy atom. The minimum absolute atomic E-state index is 0.268. The fourth-order valence-electron chi connectivity index (χ4n) is 5.84. The number of hydrogen-bond donors (Lipinski definition) is 3. The third kappa shape index (κ3) is 8.06. The topological polar surface area (TPSA) is 147 Å². The molecule has 3 aromatic rings. The van der Waals surface area contributed by atoms with Gasteiger partial charge in [-0.2, -0.15) is 10.5 Å². The van der Waals surface area contributed by atoms with E-state index in [-0.39, 0.29) is 6.04 Å². The maximum Gasteiger partial charge on any atom is 0.200 e. The van der Waals surface area contributed by atoms with Gasteiger partial charge >= 0.3 is 0 Å². The third-order valence-corrected chi connectivity index (χ3v) is 8.33. The second-order valence-electron chi connectivity index (χ2n) is 11.6. The molecule has 3 N–H and O–H groups in total. The minimum Gasteiger partial charge on any atom is -0.381 e. The highest BCUT2D eigenvalue weighted by Gasteiger charge is 2.32. The molecular weight excluding hydrogens is 518 g/mol. The Bertz CT molecular complexity index is 1280. The van der Waals surface area contributed by atoms with Gasteiger partial charge in [0.15, 0.2) is 5.82 Å². The largest absolute Gasteiger partial charge is 0.381 e. The van der Waals surface area contributed by atoms with Crippen LogP contribution in [-0.2, 0) is 22.5 Å². The number of rotatable bonds is 12. The van der Waals surface area contributed by atoms with Crippen molar-refractivity contribution in [3.8, 4) is 17.3 Å². The van der Waals surface area contributed by atoms with E-state index in [0.717, 1.165) is 60.4 Å². The molecule has 5 rings (SSSR count). The van der Waals surface area contributed by atoms with Crippen LogP contribution in [0.25, 0.3) is 11.3 Å². The van der Waals surface area contributed by atoms with E-state index in [4.69, 9.17) is 19.4 Å². The van der Waals surface area contributed by atoms with E-state index in [9.17, 15) is 5.26 Å². The Morgan fingerprint density at radius 2 is 2.05 bits per heavy atom. The van der Waals surface area contributed by atoms with E-state index in [0.29, 0.717) is 50.8 Å². The van der Waals surface area contributed by atoms with Gasteiger partial charge in [0, 0.05) is 49.3 Å². The Balaban J connectivity index is 1.11. The molecule has 0 aromatic carbocycles. The van der Waals surface area contributed by atoms with Gasteiger partial charge in [-0.05, 0) is 88.5 Å². The average Bonchev–Trinajstić information content (AvgIpc) is 3.52. The molecule has 4 heterocycles. The number of tetrazole rings is 1. The molecule has 0 radical (unpaired) electrons. The van der Waals surface area contributed by atoms with Crippen LogP contribution in [0.5, 0.6) is 0 Å². The van der Waals surface area contributed by atoms with E-state index < -0.39 is 5.41 Å². The summed E-state index contributed by atoms with van der Waals surface area (Å²) in [6.07, 6.45) is 9.13. The first-order valence-corrected chi connectivity index (χ1v) is 14.7. The Morgan fingerprint density at radius 1 is 1.22 bits per heavy atom. The zero-order chi connectivity index (χ0) is 28.5. The van der Waals surface area contributed by atoms with Gasteiger partial charge in [0.25, 0.3) is 0 Å². The standard InChI is InChI=1S/C30H41N9O2/c1-21-16-32-25(14-23-6-8-24(9-7-23)34-22(2)17-41-18-29-36-38-39-37-29)15-26(21)27-4-3-5-28(35-27)33-20-30(19-31)10-12-40-13-11-30/h3-5,15-16,22-24,34H,6-14,17-18,20H2,1-2H3,(H,33,35)(H,36,37,38,39)/t22-,23?,24?/m1/s1. The van der Waals surface area contributed by atoms with Crippen LogP contribution in [0, 0.1) is 29.6 Å². The van der Waals surface area contributed by atoms with Gasteiger partial charge in [-0.25, -0.2) is 4.98 Å². The van der Waals surface area contributed by atoms with Crippen molar-refractivity contribution in [2.24, 2.45) is 11.3 Å². The van der Waals surface area contributed by atoms with Crippen LogP contribution < -0.4 is 10.6 Å². The molecule has 1 saturated heterocycles. The number of nitriles is 1. The lowest BCUT2D eigenvalue weighted by molar-refractivity contribution is 0.0455. The van der Waals surface area contributed by atoms with Crippen LogP contribution in [0.1, 0.15) is 62.5 Å². The highest BCUT2D eigenvalue weighted by Crippen LogP contribution is 2.31. The second kappa shape index (κ2) is 13.9. The van der Waals surface area contributed by atoms with Crippen molar-refractivity contribution in [1.29, 1.82) is 5.26 Å². The van der Waals surface area contributed by atoms with E-state index in [1.165, 1.54) is 12.8 Å². The number of H-pyrrole nitrogens is 1. The summed E-state index contributed by atoms with van der Waals surface area (Å²) in [5, 5.41) is 30.7. The molecule has 0 bridgehead atoms. The number of nitrogens with zero attached hydrogens (tertiary/aromatic N) is 6. The van der Waals surface area contributed by atoms with E-state index in [2.05, 4.69) is 63.3 Å². The third-order valence-electron chi connectivity index (χ3n) is 8.33. The van der Waals surface area contributed by atoms with Crippen molar-refractivity contribution in [1.82, 2.24) is 35.9 Å². The van der Waals surface area contributed by atoms with Gasteiger partial charge < -0.3 is 20.1 Å². The molecular formula is C30H41N9O2. The summed E-state index contributed by atoms with van der Waals surface area (Å²) in [4.78, 5) is 9.69. The summed E-state index contributed by atoms with van der Waals surface area (Å²) in [7, 11) is 0. The molecule has 41 heavy (non-hydrogen) atoms. The molecule has 0 unspecified atom stereocenters. The van der Waals surface area contributed by atoms with Crippen molar-refractivity contribution in [3.05, 3.63) is 47.5 Å². The number of aromatic nitrogens is 6. The molecule has 0 spiro atoms. The smallest absolute Gasteiger partial charge is 0.200 e. The molecule has 11 nitrogen and oxygen atoms in total. The highest BCUT2D eigenvalue weighted by molar-refractivity contribution is 5.65. The molecule has 1 aliphatic carbocycles. The highest BCUT2D eigenvalue weighted by atomic mass is 16.5. The van der Waals surface area contributed by atoms with E-state index >= 15 is 0 Å². The predicted octanol–water partition coefficient (Wildman–Crippen LogP) is 3.99. The zero-order valence-electron chi connectivity index (χ0n) is 24.1. The fourth-order valence-corrected chi connectivity index (χ4v) is 5.84. The second-order valence-corrected chi connectivity index (χ2v) is 11.6. The van der Waals surface area contributed by atoms with E-state index in [1.807, 2.05) is 18.3 Å². The number of hydrogen-bond acceptors (Lipinski definition) is 10. The van der Waals surface area contributed by atoms with Gasteiger partial charge in [-0.1, -0.05) is 11.3 Å². The summed E-state index contributed by atoms with van der Waals surface area (Å²) in [5.41, 5.74) is 3.88. The Kier molecular flexibility index (Phi) is 9.88. The van der Waals surface area contributed by atoms with Crippen molar-refractivity contribution in [3.63, 3.8) is 0 Å². The number of ether oxygens (including phenoxy) is 2. The Hall–Kier alpha value is -3.46. The number of anilines is 1. The molecule has 2 aliphatic rings. The molecule has 1 atom stereocenters. The van der Waals surface area contributed by atoms with Crippen molar-refractivity contribution < 1.29 is 9.47 Å². The van der Waals surface area contributed by atoms with Crippen molar-refractivity contribution in [2.45, 2.75) is 77.5 Å². The SMILES string of the molecule is Cc1cnc(CC2CCC(N[C@H](C)COCc3nn[nH]n3)CC2)cc1-c1cccc(NCC2(C#N)CCOCC2)n1. The van der Waals surface area contributed by atoms with Gasteiger partial charge in [-0.15, -0.1) is 10.2 Å². The normalized spacial score (nSPS) is 21.2. The molecule has 11 heteroatoms. The first kappa shape index (κ1) is 29.0. The summed E-state index contributed by atoms with van der Waals surface area (Å²) in [6.45, 7) is 7.08. The quantitative estimate of drug-likeness (QED) is 0.298. The molecule has 2 fully saturated rings. The summed E-state index contributed by atoms with van der Waals surface area (Å²) >= 11 is 0.